The first-order valence-corrected chi connectivity index (χ1v) is 6.86. The SMILES string of the molecule is O=Cc1nnn(-c2ccc(F)c(Cl)c2)c1-c1cccs1. The average molecular weight is 308 g/mol. The van der Waals surface area contributed by atoms with Gasteiger partial charge in [-0.2, -0.15) is 0 Å². The van der Waals surface area contributed by atoms with E-state index in [2.05, 4.69) is 10.3 Å². The number of aromatic nitrogens is 3. The summed E-state index contributed by atoms with van der Waals surface area (Å²) in [5.41, 5.74) is 1.34. The van der Waals surface area contributed by atoms with Gasteiger partial charge >= 0.3 is 0 Å². The van der Waals surface area contributed by atoms with E-state index >= 15 is 0 Å². The van der Waals surface area contributed by atoms with Gasteiger partial charge in [-0.15, -0.1) is 16.4 Å². The molecule has 0 bridgehead atoms. The fourth-order valence-corrected chi connectivity index (χ4v) is 2.75. The van der Waals surface area contributed by atoms with Crippen LogP contribution in [0.25, 0.3) is 16.3 Å². The lowest BCUT2D eigenvalue weighted by Gasteiger charge is -2.06. The molecule has 1 aromatic carbocycles. The van der Waals surface area contributed by atoms with E-state index in [1.54, 1.807) is 0 Å². The van der Waals surface area contributed by atoms with Gasteiger partial charge in [-0.3, -0.25) is 4.79 Å². The van der Waals surface area contributed by atoms with Crippen molar-refractivity contribution < 1.29 is 9.18 Å². The lowest BCUT2D eigenvalue weighted by Crippen LogP contribution is -1.99. The smallest absolute Gasteiger partial charge is 0.172 e. The molecule has 0 atom stereocenters. The molecule has 0 unspecified atom stereocenters. The van der Waals surface area contributed by atoms with Crippen molar-refractivity contribution in [1.82, 2.24) is 15.0 Å². The number of carbonyl (C=O) groups is 1. The number of hydrogen-bond acceptors (Lipinski definition) is 4. The lowest BCUT2D eigenvalue weighted by atomic mass is 10.2. The molecule has 0 amide bonds. The Labute approximate surface area is 122 Å². The normalized spacial score (nSPS) is 10.7. The van der Waals surface area contributed by atoms with Crippen molar-refractivity contribution in [1.29, 1.82) is 0 Å². The first kappa shape index (κ1) is 13.0. The Morgan fingerprint density at radius 3 is 2.85 bits per heavy atom. The summed E-state index contributed by atoms with van der Waals surface area (Å²) in [7, 11) is 0. The molecule has 0 aliphatic carbocycles. The molecule has 0 radical (unpaired) electrons. The monoisotopic (exact) mass is 307 g/mol. The topological polar surface area (TPSA) is 47.8 Å². The summed E-state index contributed by atoms with van der Waals surface area (Å²) in [6, 6.07) is 7.94. The Balaban J connectivity index is 2.21. The molecule has 0 saturated carbocycles. The highest BCUT2D eigenvalue weighted by molar-refractivity contribution is 7.13. The van der Waals surface area contributed by atoms with Crippen LogP contribution in [0.3, 0.4) is 0 Å². The molecule has 4 nitrogen and oxygen atoms in total. The minimum atomic E-state index is -0.510. The summed E-state index contributed by atoms with van der Waals surface area (Å²) < 4.78 is 14.7. The largest absolute Gasteiger partial charge is 0.296 e. The van der Waals surface area contributed by atoms with E-state index < -0.39 is 5.82 Å². The summed E-state index contributed by atoms with van der Waals surface area (Å²) in [5, 5.41) is 9.66. The van der Waals surface area contributed by atoms with Crippen molar-refractivity contribution in [2.45, 2.75) is 0 Å². The van der Waals surface area contributed by atoms with Crippen molar-refractivity contribution in [2.24, 2.45) is 0 Å². The molecule has 0 aliphatic rings. The van der Waals surface area contributed by atoms with Crippen LogP contribution in [0.1, 0.15) is 10.5 Å². The van der Waals surface area contributed by atoms with Crippen LogP contribution in [0.2, 0.25) is 5.02 Å². The standard InChI is InChI=1S/C13H7ClFN3OS/c14-9-6-8(3-4-10(9)15)18-13(11(7-19)16-17-18)12-2-1-5-20-12/h1-7H. The van der Waals surface area contributed by atoms with Crippen molar-refractivity contribution in [3.63, 3.8) is 0 Å². The third-order valence-corrected chi connectivity index (χ3v) is 3.88. The maximum atomic E-state index is 13.2. The van der Waals surface area contributed by atoms with Gasteiger partial charge in [0.05, 0.1) is 15.6 Å². The predicted octanol–water partition coefficient (Wildman–Crippen LogP) is 3.60. The van der Waals surface area contributed by atoms with Crippen LogP contribution < -0.4 is 0 Å². The number of hydrogen-bond donors (Lipinski definition) is 0. The van der Waals surface area contributed by atoms with Crippen molar-refractivity contribution in [3.05, 3.63) is 52.2 Å². The van der Waals surface area contributed by atoms with Gasteiger partial charge in [0.15, 0.2) is 12.0 Å². The highest BCUT2D eigenvalue weighted by Crippen LogP contribution is 2.29. The zero-order valence-electron chi connectivity index (χ0n) is 9.96. The number of nitrogens with zero attached hydrogens (tertiary/aromatic N) is 3. The van der Waals surface area contributed by atoms with Crippen LogP contribution in [-0.4, -0.2) is 21.3 Å². The molecule has 2 heterocycles. The molecule has 0 spiro atoms. The van der Waals surface area contributed by atoms with E-state index in [4.69, 9.17) is 11.6 Å². The van der Waals surface area contributed by atoms with Gasteiger partial charge < -0.3 is 0 Å². The summed E-state index contributed by atoms with van der Waals surface area (Å²) in [6.45, 7) is 0. The molecule has 20 heavy (non-hydrogen) atoms. The molecule has 3 aromatic rings. The molecule has 7 heteroatoms. The number of aldehydes is 1. The molecule has 0 fully saturated rings. The van der Waals surface area contributed by atoms with E-state index in [1.165, 1.54) is 34.2 Å². The number of halogens is 2. The summed E-state index contributed by atoms with van der Waals surface area (Å²) >= 11 is 7.24. The van der Waals surface area contributed by atoms with Crippen LogP contribution in [0, 0.1) is 5.82 Å². The van der Waals surface area contributed by atoms with E-state index in [0.29, 0.717) is 17.7 Å². The zero-order valence-corrected chi connectivity index (χ0v) is 11.5. The second-order valence-corrected chi connectivity index (χ2v) is 5.28. The number of rotatable bonds is 3. The molecule has 0 aliphatic heterocycles. The van der Waals surface area contributed by atoms with Crippen LogP contribution in [-0.2, 0) is 0 Å². The number of carbonyl (C=O) groups excluding carboxylic acids is 1. The van der Waals surface area contributed by atoms with E-state index in [-0.39, 0.29) is 10.7 Å². The number of thiophene rings is 1. The van der Waals surface area contributed by atoms with Crippen molar-refractivity contribution in [2.75, 3.05) is 0 Å². The van der Waals surface area contributed by atoms with Gasteiger partial charge in [0, 0.05) is 0 Å². The average Bonchev–Trinajstić information content (AvgIpc) is 3.09. The highest BCUT2D eigenvalue weighted by Gasteiger charge is 2.17. The lowest BCUT2D eigenvalue weighted by molar-refractivity contribution is 0.111. The minimum absolute atomic E-state index is 0.0113. The van der Waals surface area contributed by atoms with Crippen LogP contribution in [0.5, 0.6) is 0 Å². The highest BCUT2D eigenvalue weighted by atomic mass is 35.5. The van der Waals surface area contributed by atoms with Gasteiger partial charge in [0.25, 0.3) is 0 Å². The molecule has 0 saturated heterocycles. The maximum absolute atomic E-state index is 13.2. The first-order chi connectivity index (χ1) is 9.70. The summed E-state index contributed by atoms with van der Waals surface area (Å²) in [5.74, 6) is -0.510. The van der Waals surface area contributed by atoms with Gasteiger partial charge in [-0.05, 0) is 29.6 Å². The molecular weight excluding hydrogens is 301 g/mol. The fraction of sp³-hybridized carbons (Fsp3) is 0. The Morgan fingerprint density at radius 2 is 2.20 bits per heavy atom. The van der Waals surface area contributed by atoms with Crippen LogP contribution in [0.4, 0.5) is 4.39 Å². The summed E-state index contributed by atoms with van der Waals surface area (Å²) in [6.07, 6.45) is 0.643. The van der Waals surface area contributed by atoms with Gasteiger partial charge in [-0.1, -0.05) is 22.9 Å². The zero-order chi connectivity index (χ0) is 14.1. The third kappa shape index (κ3) is 2.13. The van der Waals surface area contributed by atoms with Gasteiger partial charge in [0.2, 0.25) is 0 Å². The Hall–Kier alpha value is -2.05. The quantitative estimate of drug-likeness (QED) is 0.695. The predicted molar refractivity (Wildman–Crippen MR) is 75.0 cm³/mol. The number of benzene rings is 1. The maximum Gasteiger partial charge on any atom is 0.172 e. The molecule has 0 N–H and O–H groups in total. The van der Waals surface area contributed by atoms with E-state index in [1.807, 2.05) is 17.5 Å². The molecular formula is C13H7ClFN3OS. The van der Waals surface area contributed by atoms with E-state index in [9.17, 15) is 9.18 Å². The van der Waals surface area contributed by atoms with Crippen LogP contribution in [0.15, 0.2) is 35.7 Å². The molecule has 3 rings (SSSR count). The van der Waals surface area contributed by atoms with Crippen molar-refractivity contribution >= 4 is 29.2 Å². The Kier molecular flexibility index (Phi) is 3.33. The minimum Gasteiger partial charge on any atom is -0.296 e. The Bertz CT molecular complexity index is 770. The first-order valence-electron chi connectivity index (χ1n) is 5.61. The summed E-state index contributed by atoms with van der Waals surface area (Å²) in [4.78, 5) is 11.9. The Morgan fingerprint density at radius 1 is 1.35 bits per heavy atom. The van der Waals surface area contributed by atoms with Crippen molar-refractivity contribution in [3.8, 4) is 16.3 Å². The van der Waals surface area contributed by atoms with E-state index in [0.717, 1.165) is 4.88 Å². The molecule has 2 aromatic heterocycles. The van der Waals surface area contributed by atoms with Gasteiger partial charge in [-0.25, -0.2) is 9.07 Å². The van der Waals surface area contributed by atoms with Gasteiger partial charge in [0.1, 0.15) is 11.5 Å². The third-order valence-electron chi connectivity index (χ3n) is 2.71. The van der Waals surface area contributed by atoms with Crippen LogP contribution >= 0.6 is 22.9 Å². The second kappa shape index (κ2) is 5.15. The molecule has 100 valence electrons. The fourth-order valence-electron chi connectivity index (χ4n) is 1.81. The second-order valence-electron chi connectivity index (χ2n) is 3.93.